The minimum absolute atomic E-state index is 0.0813. The van der Waals surface area contributed by atoms with Gasteiger partial charge in [-0.15, -0.1) is 0 Å². The molecule has 2 saturated carbocycles. The van der Waals surface area contributed by atoms with Crippen molar-refractivity contribution < 1.29 is 9.15 Å². The maximum Gasteiger partial charge on any atom is 0.319 e. The topological polar surface area (TPSA) is 21.6 Å². The highest BCUT2D eigenvalue weighted by Gasteiger charge is 2.50. The maximum absolute atomic E-state index is 5.52. The Balaban J connectivity index is 1.47. The summed E-state index contributed by atoms with van der Waals surface area (Å²) in [5.74, 6) is 0.421. The van der Waals surface area contributed by atoms with Gasteiger partial charge in [0.25, 0.3) is 6.34 Å². The summed E-state index contributed by atoms with van der Waals surface area (Å²) in [4.78, 5) is 8.36. The first-order valence-corrected chi connectivity index (χ1v) is 21.4. The van der Waals surface area contributed by atoms with Gasteiger partial charge in [0.05, 0.1) is 5.57 Å². The number of benzene rings is 3. The summed E-state index contributed by atoms with van der Waals surface area (Å²) >= 11 is 0. The number of allylic oxidation sites excluding steroid dienone is 3. The first kappa shape index (κ1) is 38.2. The largest absolute Gasteiger partial charge is 0.357 e. The van der Waals surface area contributed by atoms with E-state index in [-0.39, 0.29) is 23.7 Å². The van der Waals surface area contributed by atoms with E-state index in [0.717, 1.165) is 12.8 Å². The Labute approximate surface area is 326 Å². The molecule has 2 fully saturated rings. The van der Waals surface area contributed by atoms with Crippen molar-refractivity contribution in [2.24, 2.45) is 10.9 Å². The zero-order chi connectivity index (χ0) is 37.8. The van der Waals surface area contributed by atoms with Crippen molar-refractivity contribution in [3.05, 3.63) is 113 Å². The fourth-order valence-electron chi connectivity index (χ4n) is 9.54. The van der Waals surface area contributed by atoms with Crippen molar-refractivity contribution in [1.82, 2.24) is 4.90 Å². The fraction of sp³-hybridized carbons (Fsp3) is 0.500. The number of aliphatic imine (C=N–C) groups is 1. The van der Waals surface area contributed by atoms with E-state index in [0.29, 0.717) is 18.0 Å². The molecule has 0 saturated heterocycles. The van der Waals surface area contributed by atoms with Crippen LogP contribution in [-0.2, 0) is 5.41 Å². The molecule has 0 bridgehead atoms. The lowest BCUT2D eigenvalue weighted by molar-refractivity contribution is -0.755. The second kappa shape index (κ2) is 16.8. The van der Waals surface area contributed by atoms with Crippen molar-refractivity contribution in [3.63, 3.8) is 0 Å². The minimum atomic E-state index is 0.0813. The van der Waals surface area contributed by atoms with Crippen LogP contribution in [0.15, 0.2) is 96.2 Å². The molecular formula is C50H66N4+2. The predicted octanol–water partition coefficient (Wildman–Crippen LogP) is 12.0. The van der Waals surface area contributed by atoms with E-state index < -0.39 is 0 Å². The molecule has 0 amide bonds. The van der Waals surface area contributed by atoms with Gasteiger partial charge in [0.15, 0.2) is 18.3 Å². The average molecular weight is 723 g/mol. The second-order valence-electron chi connectivity index (χ2n) is 17.9. The van der Waals surface area contributed by atoms with Crippen molar-refractivity contribution in [2.75, 3.05) is 0 Å². The summed E-state index contributed by atoms with van der Waals surface area (Å²) in [7, 11) is 0. The Morgan fingerprint density at radius 3 is 2.30 bits per heavy atom. The van der Waals surface area contributed by atoms with E-state index in [1.54, 1.807) is 0 Å². The summed E-state index contributed by atoms with van der Waals surface area (Å²) in [5, 5.41) is 2.66. The van der Waals surface area contributed by atoms with Crippen molar-refractivity contribution in [1.29, 1.82) is 0 Å². The molecular weight excluding hydrogens is 657 g/mol. The highest BCUT2D eigenvalue weighted by atomic mass is 15.3. The normalized spacial score (nSPS) is 22.4. The van der Waals surface area contributed by atoms with Gasteiger partial charge >= 0.3 is 6.17 Å². The molecule has 0 N–H and O–H groups in total. The summed E-state index contributed by atoms with van der Waals surface area (Å²) in [6.07, 6.45) is 29.1. The summed E-state index contributed by atoms with van der Waals surface area (Å²) in [6.45, 7) is 17.9. The molecule has 3 aromatic carbocycles. The third kappa shape index (κ3) is 8.14. The molecule has 2 aliphatic carbocycles. The number of hydrogen-bond donors (Lipinski definition) is 0. The maximum atomic E-state index is 5.52. The van der Waals surface area contributed by atoms with Gasteiger partial charge in [0, 0.05) is 37.1 Å². The van der Waals surface area contributed by atoms with E-state index in [2.05, 4.69) is 154 Å². The van der Waals surface area contributed by atoms with Crippen LogP contribution in [-0.4, -0.2) is 57.1 Å². The van der Waals surface area contributed by atoms with Gasteiger partial charge in [-0.2, -0.15) is 9.15 Å². The molecule has 0 radical (unpaired) electrons. The van der Waals surface area contributed by atoms with Crippen molar-refractivity contribution in [3.8, 4) is 0 Å². The summed E-state index contributed by atoms with van der Waals surface area (Å²) in [5.41, 5.74) is 8.21. The number of hydrogen-bond acceptors (Lipinski definition) is 2. The molecule has 284 valence electrons. The van der Waals surface area contributed by atoms with Crippen LogP contribution in [0.3, 0.4) is 0 Å². The third-order valence-electron chi connectivity index (χ3n) is 12.9. The zero-order valence-corrected chi connectivity index (χ0v) is 34.2. The van der Waals surface area contributed by atoms with Gasteiger partial charge in [-0.3, -0.25) is 0 Å². The molecule has 3 atom stereocenters. The lowest BCUT2D eigenvalue weighted by Gasteiger charge is -2.42. The van der Waals surface area contributed by atoms with Crippen LogP contribution in [0.25, 0.3) is 16.3 Å². The van der Waals surface area contributed by atoms with Gasteiger partial charge in [0.2, 0.25) is 0 Å². The van der Waals surface area contributed by atoms with E-state index in [9.17, 15) is 0 Å². The van der Waals surface area contributed by atoms with Crippen LogP contribution in [0, 0.1) is 5.92 Å². The molecule has 2 aliphatic heterocycles. The summed E-state index contributed by atoms with van der Waals surface area (Å²) < 4.78 is 5.36. The van der Waals surface area contributed by atoms with Crippen LogP contribution < -0.4 is 0 Å². The van der Waals surface area contributed by atoms with E-state index >= 15 is 0 Å². The molecule has 2 unspecified atom stereocenters. The SMILES string of the molecule is C=C/C(=C/C[C@@H](N=C[N+]1=Cc2c(ccc3cc(C(C)(C)C)ccc23)C2C1[N+](C1CCCCC1)=CC(c1ccccc1)=CN2C1CCCCC1)C(C)C)CC. The third-order valence-corrected chi connectivity index (χ3v) is 12.9. The molecule has 0 aromatic heterocycles. The van der Waals surface area contributed by atoms with E-state index in [1.807, 2.05) is 6.08 Å². The molecule has 7 rings (SSSR count). The number of rotatable bonds is 10. The zero-order valence-electron chi connectivity index (χ0n) is 34.2. The van der Waals surface area contributed by atoms with Crippen LogP contribution in [0.1, 0.15) is 147 Å². The molecule has 3 aromatic rings. The van der Waals surface area contributed by atoms with Crippen LogP contribution >= 0.6 is 0 Å². The standard InChI is InChI=1S/C50H66N4/c1-8-37(9-2)25-30-47(36(3)4)51-35-52-34-46-44-29-27-41(50(5,6)7)31-39(44)26-28-45(46)48-49(52)54(43-23-17-12-18-24-43)33-40(38-19-13-10-14-20-38)32-53(48)42-21-15-11-16-22-42/h8,10,13-14,19-20,25-29,31-36,42-43,47-49H,1,9,11-12,15-18,21-24,30H2,2-7H3/q+2/b37-25-,51-35?/t47-,48?,49?/m1/s1. The van der Waals surface area contributed by atoms with Crippen molar-refractivity contribution in [2.45, 2.75) is 154 Å². The van der Waals surface area contributed by atoms with Gasteiger partial charge in [-0.25, -0.2) is 0 Å². The van der Waals surface area contributed by atoms with Gasteiger partial charge in [0.1, 0.15) is 12.3 Å². The molecule has 4 aliphatic rings. The molecule has 4 heteroatoms. The Hall–Kier alpha value is -4.05. The quantitative estimate of drug-likeness (QED) is 0.0884. The molecule has 2 heterocycles. The highest BCUT2D eigenvalue weighted by molar-refractivity contribution is 6.07. The predicted molar refractivity (Wildman–Crippen MR) is 231 cm³/mol. The highest BCUT2D eigenvalue weighted by Crippen LogP contribution is 2.43. The first-order valence-electron chi connectivity index (χ1n) is 21.4. The minimum Gasteiger partial charge on any atom is -0.357 e. The van der Waals surface area contributed by atoms with Gasteiger partial charge in [-0.05, 0) is 70.9 Å². The van der Waals surface area contributed by atoms with E-state index in [4.69, 9.17) is 4.99 Å². The monoisotopic (exact) mass is 723 g/mol. The lowest BCUT2D eigenvalue weighted by atomic mass is 9.83. The van der Waals surface area contributed by atoms with Crippen LogP contribution in [0.5, 0.6) is 0 Å². The number of nitrogens with zero attached hydrogens (tertiary/aromatic N) is 4. The smallest absolute Gasteiger partial charge is 0.319 e. The average Bonchev–Trinajstić information content (AvgIpc) is 3.38. The lowest BCUT2D eigenvalue weighted by Crippen LogP contribution is -2.54. The Bertz CT molecular complexity index is 1940. The summed E-state index contributed by atoms with van der Waals surface area (Å²) in [6, 6.07) is 24.6. The van der Waals surface area contributed by atoms with Crippen LogP contribution in [0.4, 0.5) is 0 Å². The molecule has 0 spiro atoms. The molecule has 4 nitrogen and oxygen atoms in total. The Morgan fingerprint density at radius 1 is 0.907 bits per heavy atom. The number of fused-ring (bicyclic) bond motifs is 5. The Morgan fingerprint density at radius 2 is 1.63 bits per heavy atom. The second-order valence-corrected chi connectivity index (χ2v) is 17.9. The van der Waals surface area contributed by atoms with Crippen LogP contribution in [0.2, 0.25) is 0 Å². The van der Waals surface area contributed by atoms with Gasteiger partial charge < -0.3 is 4.90 Å². The van der Waals surface area contributed by atoms with Crippen molar-refractivity contribution >= 4 is 35.1 Å². The fourth-order valence-corrected chi connectivity index (χ4v) is 9.54. The first-order chi connectivity index (χ1) is 26.2. The van der Waals surface area contributed by atoms with E-state index in [1.165, 1.54) is 108 Å². The molecule has 54 heavy (non-hydrogen) atoms. The Kier molecular flexibility index (Phi) is 11.9. The van der Waals surface area contributed by atoms with Gasteiger partial charge in [-0.1, -0.05) is 157 Å².